The molecule has 1 atom stereocenters. The van der Waals surface area contributed by atoms with Crippen molar-refractivity contribution in [2.24, 2.45) is 0 Å². The standard InChI is InChI=1S/C27H29F5N6O2/c1-33-25(39)17-7-4-10-21(40-3)23(17)34-12-5-8-18-20(15-27(30,31)32)38-13-6-9-19(24(38)36-18)35-22-11-14-37(2)16-26(22,28)29/h4,6-7,9-10,13,22,34-35H,11-12,14-16H2,1-3H3,(H,33,39)/t22-/m0/s1. The number of nitrogens with one attached hydrogen (secondary N) is 3. The van der Waals surface area contributed by atoms with Gasteiger partial charge in [0.1, 0.15) is 11.4 Å². The van der Waals surface area contributed by atoms with Gasteiger partial charge in [-0.1, -0.05) is 12.0 Å². The van der Waals surface area contributed by atoms with Gasteiger partial charge >= 0.3 is 6.18 Å². The minimum absolute atomic E-state index is 0.0450. The second-order valence-electron chi connectivity index (χ2n) is 9.42. The summed E-state index contributed by atoms with van der Waals surface area (Å²) in [7, 11) is 4.52. The van der Waals surface area contributed by atoms with E-state index in [1.54, 1.807) is 25.2 Å². The molecule has 214 valence electrons. The van der Waals surface area contributed by atoms with Crippen molar-refractivity contribution in [3.63, 3.8) is 0 Å². The van der Waals surface area contributed by atoms with Crippen molar-refractivity contribution < 1.29 is 31.5 Å². The molecule has 4 rings (SSSR count). The van der Waals surface area contributed by atoms with Crippen LogP contribution in [0.25, 0.3) is 5.65 Å². The number of ether oxygens (including phenoxy) is 1. The first kappa shape index (κ1) is 28.9. The lowest BCUT2D eigenvalue weighted by Gasteiger charge is -2.37. The Balaban J connectivity index is 1.66. The van der Waals surface area contributed by atoms with Crippen LogP contribution in [0.3, 0.4) is 0 Å². The van der Waals surface area contributed by atoms with E-state index < -0.39 is 31.1 Å². The molecular formula is C27H29F5N6O2. The molecule has 1 aliphatic heterocycles. The molecule has 3 N–H and O–H groups in total. The molecule has 0 aliphatic carbocycles. The molecule has 0 saturated carbocycles. The molecule has 0 radical (unpaired) electrons. The maximum absolute atomic E-state index is 14.7. The van der Waals surface area contributed by atoms with Crippen LogP contribution >= 0.6 is 0 Å². The minimum Gasteiger partial charge on any atom is -0.495 e. The molecule has 0 bridgehead atoms. The first-order chi connectivity index (χ1) is 18.9. The number of carbonyl (C=O) groups is 1. The van der Waals surface area contributed by atoms with Gasteiger partial charge in [-0.15, -0.1) is 0 Å². The van der Waals surface area contributed by atoms with Gasteiger partial charge in [0, 0.05) is 19.8 Å². The van der Waals surface area contributed by atoms with Crippen LogP contribution in [0.2, 0.25) is 0 Å². The summed E-state index contributed by atoms with van der Waals surface area (Å²) in [6.45, 7) is -0.0303. The van der Waals surface area contributed by atoms with Gasteiger partial charge in [-0.25, -0.2) is 13.8 Å². The molecule has 1 amide bonds. The fourth-order valence-corrected chi connectivity index (χ4v) is 4.63. The highest BCUT2D eigenvalue weighted by Crippen LogP contribution is 2.32. The molecule has 2 aromatic heterocycles. The highest BCUT2D eigenvalue weighted by molar-refractivity contribution is 6.00. The van der Waals surface area contributed by atoms with Crippen LogP contribution in [0.5, 0.6) is 5.75 Å². The highest BCUT2D eigenvalue weighted by atomic mass is 19.4. The van der Waals surface area contributed by atoms with Crippen molar-refractivity contribution in [3.8, 4) is 17.6 Å². The van der Waals surface area contributed by atoms with Crippen LogP contribution in [0.4, 0.5) is 33.3 Å². The minimum atomic E-state index is -4.56. The van der Waals surface area contributed by atoms with Crippen molar-refractivity contribution in [1.29, 1.82) is 0 Å². The van der Waals surface area contributed by atoms with Gasteiger partial charge < -0.3 is 30.0 Å². The number of methoxy groups -OCH3 is 1. The maximum Gasteiger partial charge on any atom is 0.394 e. The lowest BCUT2D eigenvalue weighted by molar-refractivity contribution is -0.128. The van der Waals surface area contributed by atoms with E-state index >= 15 is 0 Å². The molecule has 1 saturated heterocycles. The van der Waals surface area contributed by atoms with E-state index in [2.05, 4.69) is 32.8 Å². The predicted octanol–water partition coefficient (Wildman–Crippen LogP) is 4.02. The second-order valence-corrected chi connectivity index (χ2v) is 9.42. The Morgan fingerprint density at radius 2 is 2.02 bits per heavy atom. The quantitative estimate of drug-likeness (QED) is 0.297. The van der Waals surface area contributed by atoms with Crippen molar-refractivity contribution in [2.75, 3.05) is 51.5 Å². The summed E-state index contributed by atoms with van der Waals surface area (Å²) in [6.07, 6.45) is -4.32. The van der Waals surface area contributed by atoms with Crippen LogP contribution in [-0.4, -0.2) is 79.2 Å². The molecule has 1 aromatic carbocycles. The smallest absolute Gasteiger partial charge is 0.394 e. The maximum atomic E-state index is 14.7. The number of nitrogens with zero attached hydrogens (tertiary/aromatic N) is 3. The average Bonchev–Trinajstić information content (AvgIpc) is 3.23. The Morgan fingerprint density at radius 3 is 2.70 bits per heavy atom. The summed E-state index contributed by atoms with van der Waals surface area (Å²) in [6, 6.07) is 6.66. The summed E-state index contributed by atoms with van der Waals surface area (Å²) in [5.74, 6) is 2.41. The second kappa shape index (κ2) is 11.6. The number of alkyl halides is 5. The van der Waals surface area contributed by atoms with E-state index in [9.17, 15) is 26.7 Å². The number of para-hydroxylation sites is 1. The van der Waals surface area contributed by atoms with Gasteiger partial charge in [-0.3, -0.25) is 4.79 Å². The number of hydrogen-bond donors (Lipinski definition) is 3. The topological polar surface area (TPSA) is 82.9 Å². The number of benzene rings is 1. The van der Waals surface area contributed by atoms with E-state index in [-0.39, 0.29) is 41.6 Å². The fraction of sp³-hybridized carbons (Fsp3) is 0.407. The van der Waals surface area contributed by atoms with Crippen molar-refractivity contribution in [3.05, 3.63) is 53.5 Å². The number of likely N-dealkylation sites (tertiary alicyclic amines) is 1. The number of amides is 1. The number of piperidine rings is 1. The number of pyridine rings is 1. The Morgan fingerprint density at radius 1 is 1.25 bits per heavy atom. The van der Waals surface area contributed by atoms with Gasteiger partial charge in [0.2, 0.25) is 0 Å². The SMILES string of the molecule is CNC(=O)c1cccc(OC)c1NCC#Cc1nc2c(N[C@H]3CCN(C)CC3(F)F)cccn2c1CC(F)(F)F. The van der Waals surface area contributed by atoms with Gasteiger partial charge in [-0.05, 0) is 43.7 Å². The lowest BCUT2D eigenvalue weighted by atomic mass is 10.0. The molecular weight excluding hydrogens is 535 g/mol. The zero-order valence-electron chi connectivity index (χ0n) is 22.1. The summed E-state index contributed by atoms with van der Waals surface area (Å²) in [4.78, 5) is 18.1. The third kappa shape index (κ3) is 6.39. The Bertz CT molecular complexity index is 1440. The first-order valence-corrected chi connectivity index (χ1v) is 12.4. The van der Waals surface area contributed by atoms with E-state index in [1.165, 1.54) is 41.8 Å². The Hall–Kier alpha value is -4.05. The third-order valence-electron chi connectivity index (χ3n) is 6.51. The molecule has 8 nitrogen and oxygen atoms in total. The number of imidazole rings is 1. The zero-order chi connectivity index (χ0) is 29.1. The lowest BCUT2D eigenvalue weighted by Crippen LogP contribution is -2.53. The van der Waals surface area contributed by atoms with Gasteiger partial charge in [-0.2, -0.15) is 13.2 Å². The number of fused-ring (bicyclic) bond motifs is 1. The highest BCUT2D eigenvalue weighted by Gasteiger charge is 2.44. The molecule has 1 aliphatic rings. The van der Waals surface area contributed by atoms with Crippen LogP contribution < -0.4 is 20.7 Å². The first-order valence-electron chi connectivity index (χ1n) is 12.4. The largest absolute Gasteiger partial charge is 0.495 e. The summed E-state index contributed by atoms with van der Waals surface area (Å²) >= 11 is 0. The number of halogens is 5. The van der Waals surface area contributed by atoms with E-state index in [0.29, 0.717) is 23.5 Å². The van der Waals surface area contributed by atoms with E-state index in [0.717, 1.165) is 0 Å². The summed E-state index contributed by atoms with van der Waals surface area (Å²) in [5, 5.41) is 8.32. The van der Waals surface area contributed by atoms with Gasteiger partial charge in [0.05, 0.1) is 55.3 Å². The molecule has 1 fully saturated rings. The normalized spacial score (nSPS) is 17.1. The van der Waals surface area contributed by atoms with Crippen LogP contribution in [0.15, 0.2) is 36.5 Å². The van der Waals surface area contributed by atoms with Crippen LogP contribution in [0.1, 0.15) is 28.2 Å². The monoisotopic (exact) mass is 564 g/mol. The van der Waals surface area contributed by atoms with Gasteiger partial charge in [0.15, 0.2) is 5.65 Å². The number of anilines is 2. The third-order valence-corrected chi connectivity index (χ3v) is 6.51. The van der Waals surface area contributed by atoms with Crippen molar-refractivity contribution in [2.45, 2.75) is 31.0 Å². The fourth-order valence-electron chi connectivity index (χ4n) is 4.63. The summed E-state index contributed by atoms with van der Waals surface area (Å²) in [5.41, 5.74) is 0.591. The Labute approximate surface area is 227 Å². The molecule has 0 spiro atoms. The van der Waals surface area contributed by atoms with Crippen molar-refractivity contribution >= 4 is 22.9 Å². The van der Waals surface area contributed by atoms with Crippen molar-refractivity contribution in [1.82, 2.24) is 19.6 Å². The van der Waals surface area contributed by atoms with E-state index in [1.807, 2.05) is 0 Å². The van der Waals surface area contributed by atoms with Crippen LogP contribution in [0, 0.1) is 11.8 Å². The number of aromatic nitrogens is 2. The number of hydrogen-bond acceptors (Lipinski definition) is 6. The Kier molecular flexibility index (Phi) is 8.39. The van der Waals surface area contributed by atoms with Gasteiger partial charge in [0.25, 0.3) is 11.8 Å². The van der Waals surface area contributed by atoms with Crippen LogP contribution in [-0.2, 0) is 6.42 Å². The molecule has 3 aromatic rings. The molecule has 0 unspecified atom stereocenters. The molecule has 3 heterocycles. The van der Waals surface area contributed by atoms with E-state index in [4.69, 9.17) is 4.74 Å². The number of carbonyl (C=O) groups excluding carboxylic acids is 1. The number of rotatable bonds is 7. The zero-order valence-corrected chi connectivity index (χ0v) is 22.1. The summed E-state index contributed by atoms with van der Waals surface area (Å²) < 4.78 is 76.4. The average molecular weight is 565 g/mol. The molecule has 40 heavy (non-hydrogen) atoms. The predicted molar refractivity (Wildman–Crippen MR) is 141 cm³/mol. The molecule has 13 heteroatoms.